The van der Waals surface area contributed by atoms with Crippen LogP contribution < -0.4 is 5.32 Å². The van der Waals surface area contributed by atoms with E-state index in [2.05, 4.69) is 10.3 Å². The van der Waals surface area contributed by atoms with Crippen molar-refractivity contribution in [3.63, 3.8) is 0 Å². The molecule has 1 aliphatic rings. The number of H-pyrrole nitrogens is 1. The zero-order valence-corrected chi connectivity index (χ0v) is 7.81. The van der Waals surface area contributed by atoms with Gasteiger partial charge < -0.3 is 10.3 Å². The van der Waals surface area contributed by atoms with Gasteiger partial charge in [0.15, 0.2) is 0 Å². The molecule has 1 aromatic heterocycles. The molecule has 14 heavy (non-hydrogen) atoms. The van der Waals surface area contributed by atoms with Gasteiger partial charge in [-0.2, -0.15) is 0 Å². The van der Waals surface area contributed by atoms with Gasteiger partial charge in [-0.3, -0.25) is 0 Å². The molecule has 3 rings (SSSR count). The number of hydrogen-bond donors (Lipinski definition) is 2. The lowest BCUT2D eigenvalue weighted by atomic mass is 10.1. The van der Waals surface area contributed by atoms with Crippen LogP contribution in [0.4, 0.5) is 4.39 Å². The summed E-state index contributed by atoms with van der Waals surface area (Å²) < 4.78 is 13.1. The summed E-state index contributed by atoms with van der Waals surface area (Å²) in [6.07, 6.45) is 1.06. The van der Waals surface area contributed by atoms with Crippen LogP contribution in [-0.4, -0.2) is 11.5 Å². The molecule has 3 heteroatoms. The van der Waals surface area contributed by atoms with E-state index in [1.54, 1.807) is 6.07 Å². The average Bonchev–Trinajstić information content (AvgIpc) is 2.56. The van der Waals surface area contributed by atoms with E-state index in [1.807, 2.05) is 6.07 Å². The fraction of sp³-hybridized carbons (Fsp3) is 0.273. The minimum atomic E-state index is -0.148. The van der Waals surface area contributed by atoms with Crippen LogP contribution in [0.1, 0.15) is 11.3 Å². The summed E-state index contributed by atoms with van der Waals surface area (Å²) in [6.45, 7) is 2.10. The molecule has 0 atom stereocenters. The predicted octanol–water partition coefficient (Wildman–Crippen LogP) is 0.926. The molecule has 0 saturated heterocycles. The molecule has 0 spiro atoms. The number of rotatable bonds is 0. The number of nitrogens with two attached hydrogens (primary N) is 1. The Bertz CT molecular complexity index is 487. The molecular formula is C11H12FN2+. The lowest BCUT2D eigenvalue weighted by Gasteiger charge is -2.09. The van der Waals surface area contributed by atoms with Gasteiger partial charge in [-0.25, -0.2) is 4.39 Å². The SMILES string of the molecule is Fc1ccc2[nH]c3c(c2c1)C[NH2+]CC3. The Hall–Kier alpha value is -1.35. The number of aromatic amines is 1. The third-order valence-electron chi connectivity index (χ3n) is 2.90. The van der Waals surface area contributed by atoms with Crippen LogP contribution >= 0.6 is 0 Å². The highest BCUT2D eigenvalue weighted by Gasteiger charge is 2.17. The smallest absolute Gasteiger partial charge is 0.123 e. The van der Waals surface area contributed by atoms with E-state index in [4.69, 9.17) is 0 Å². The molecule has 0 saturated carbocycles. The minimum absolute atomic E-state index is 0.148. The van der Waals surface area contributed by atoms with Crippen LogP contribution in [-0.2, 0) is 13.0 Å². The van der Waals surface area contributed by atoms with Crippen molar-refractivity contribution >= 4 is 10.9 Å². The van der Waals surface area contributed by atoms with Gasteiger partial charge in [0.2, 0.25) is 0 Å². The fourth-order valence-corrected chi connectivity index (χ4v) is 2.22. The van der Waals surface area contributed by atoms with E-state index in [0.29, 0.717) is 0 Å². The second kappa shape index (κ2) is 2.82. The molecule has 0 fully saturated rings. The summed E-state index contributed by atoms with van der Waals surface area (Å²) in [5.74, 6) is -0.148. The Morgan fingerprint density at radius 2 is 2.29 bits per heavy atom. The van der Waals surface area contributed by atoms with Crippen molar-refractivity contribution < 1.29 is 9.71 Å². The summed E-state index contributed by atoms with van der Waals surface area (Å²) in [5.41, 5.74) is 3.63. The highest BCUT2D eigenvalue weighted by atomic mass is 19.1. The first kappa shape index (κ1) is 8.00. The zero-order chi connectivity index (χ0) is 9.54. The molecule has 1 aromatic carbocycles. The summed E-state index contributed by atoms with van der Waals surface area (Å²) >= 11 is 0. The fourth-order valence-electron chi connectivity index (χ4n) is 2.22. The molecule has 72 valence electrons. The summed E-state index contributed by atoms with van der Waals surface area (Å²) in [5, 5.41) is 3.32. The topological polar surface area (TPSA) is 32.4 Å². The first-order chi connectivity index (χ1) is 6.84. The van der Waals surface area contributed by atoms with Crippen LogP contribution in [0.5, 0.6) is 0 Å². The largest absolute Gasteiger partial charge is 0.358 e. The molecule has 2 heterocycles. The van der Waals surface area contributed by atoms with Gasteiger partial charge in [-0.1, -0.05) is 0 Å². The van der Waals surface area contributed by atoms with E-state index in [0.717, 1.165) is 30.4 Å². The lowest BCUT2D eigenvalue weighted by Crippen LogP contribution is -2.84. The Labute approximate surface area is 81.1 Å². The lowest BCUT2D eigenvalue weighted by molar-refractivity contribution is -0.673. The average molecular weight is 191 g/mol. The van der Waals surface area contributed by atoms with E-state index in [-0.39, 0.29) is 5.82 Å². The maximum absolute atomic E-state index is 13.1. The molecular weight excluding hydrogens is 179 g/mol. The van der Waals surface area contributed by atoms with Crippen molar-refractivity contribution in [3.05, 3.63) is 35.3 Å². The van der Waals surface area contributed by atoms with Crippen LogP contribution in [0, 0.1) is 5.82 Å². The van der Waals surface area contributed by atoms with Crippen LogP contribution in [0.2, 0.25) is 0 Å². The second-order valence-electron chi connectivity index (χ2n) is 3.80. The van der Waals surface area contributed by atoms with Crippen molar-refractivity contribution in [1.29, 1.82) is 0 Å². The van der Waals surface area contributed by atoms with Gasteiger partial charge in [0.25, 0.3) is 0 Å². The Morgan fingerprint density at radius 1 is 1.36 bits per heavy atom. The highest BCUT2D eigenvalue weighted by Crippen LogP contribution is 2.23. The van der Waals surface area contributed by atoms with Gasteiger partial charge in [-0.15, -0.1) is 0 Å². The molecule has 2 aromatic rings. The second-order valence-corrected chi connectivity index (χ2v) is 3.80. The van der Waals surface area contributed by atoms with E-state index in [1.165, 1.54) is 17.3 Å². The molecule has 0 aliphatic carbocycles. The maximum atomic E-state index is 13.1. The number of aromatic nitrogens is 1. The van der Waals surface area contributed by atoms with Crippen LogP contribution in [0.3, 0.4) is 0 Å². The van der Waals surface area contributed by atoms with Gasteiger partial charge in [-0.05, 0) is 18.2 Å². The molecule has 2 nitrogen and oxygen atoms in total. The third kappa shape index (κ3) is 1.06. The summed E-state index contributed by atoms with van der Waals surface area (Å²) in [4.78, 5) is 3.36. The van der Waals surface area contributed by atoms with E-state index < -0.39 is 0 Å². The Morgan fingerprint density at radius 3 is 3.21 bits per heavy atom. The quantitative estimate of drug-likeness (QED) is 0.621. The molecule has 3 N–H and O–H groups in total. The predicted molar refractivity (Wildman–Crippen MR) is 52.5 cm³/mol. The van der Waals surface area contributed by atoms with E-state index >= 15 is 0 Å². The Kier molecular flexibility index (Phi) is 1.61. The van der Waals surface area contributed by atoms with Crippen LogP contribution in [0.15, 0.2) is 18.2 Å². The first-order valence-corrected chi connectivity index (χ1v) is 4.95. The number of nitrogens with one attached hydrogen (secondary N) is 1. The van der Waals surface area contributed by atoms with Crippen molar-refractivity contribution in [2.24, 2.45) is 0 Å². The number of fused-ring (bicyclic) bond motifs is 3. The number of benzene rings is 1. The van der Waals surface area contributed by atoms with Crippen LogP contribution in [0.25, 0.3) is 10.9 Å². The van der Waals surface area contributed by atoms with Crippen molar-refractivity contribution in [3.8, 4) is 0 Å². The van der Waals surface area contributed by atoms with Gasteiger partial charge >= 0.3 is 0 Å². The Balaban J connectivity index is 2.32. The molecule has 0 bridgehead atoms. The van der Waals surface area contributed by atoms with Crippen molar-refractivity contribution in [1.82, 2.24) is 4.98 Å². The minimum Gasteiger partial charge on any atom is -0.358 e. The standard InChI is InChI=1S/C11H11FN2/c12-7-1-2-10-8(5-7)9-6-13-4-3-11(9)14-10/h1-2,5,13-14H,3-4,6H2/p+1. The molecule has 1 aliphatic heterocycles. The van der Waals surface area contributed by atoms with E-state index in [9.17, 15) is 4.39 Å². The summed E-state index contributed by atoms with van der Waals surface area (Å²) in [6, 6.07) is 4.96. The van der Waals surface area contributed by atoms with Crippen molar-refractivity contribution in [2.45, 2.75) is 13.0 Å². The summed E-state index contributed by atoms with van der Waals surface area (Å²) in [7, 11) is 0. The molecule has 0 amide bonds. The van der Waals surface area contributed by atoms with Gasteiger partial charge in [0.1, 0.15) is 12.4 Å². The van der Waals surface area contributed by atoms with Gasteiger partial charge in [0.05, 0.1) is 6.54 Å². The monoisotopic (exact) mass is 191 g/mol. The normalized spacial score (nSPS) is 15.8. The molecule has 0 radical (unpaired) electrons. The zero-order valence-electron chi connectivity index (χ0n) is 7.81. The third-order valence-corrected chi connectivity index (χ3v) is 2.90. The number of hydrogen-bond acceptors (Lipinski definition) is 0. The molecule has 0 unspecified atom stereocenters. The van der Waals surface area contributed by atoms with Gasteiger partial charge in [0, 0.05) is 28.6 Å². The highest BCUT2D eigenvalue weighted by molar-refractivity contribution is 5.84. The maximum Gasteiger partial charge on any atom is 0.123 e. The number of quaternary nitrogens is 1. The number of halogens is 1. The van der Waals surface area contributed by atoms with Crippen molar-refractivity contribution in [2.75, 3.05) is 6.54 Å². The first-order valence-electron chi connectivity index (χ1n) is 4.95.